The molecule has 2 aliphatic rings. The minimum absolute atomic E-state index is 0.0858. The van der Waals surface area contributed by atoms with Crippen LogP contribution in [0.4, 0.5) is 5.82 Å². The van der Waals surface area contributed by atoms with E-state index in [0.717, 1.165) is 44.6 Å². The number of nitrogens with zero attached hydrogens (tertiary/aromatic N) is 3. The summed E-state index contributed by atoms with van der Waals surface area (Å²) in [5, 5.41) is 3.26. The van der Waals surface area contributed by atoms with Gasteiger partial charge in [-0.15, -0.1) is 0 Å². The molecule has 2 fully saturated rings. The molecule has 1 saturated heterocycles. The van der Waals surface area contributed by atoms with Crippen LogP contribution in [0.3, 0.4) is 0 Å². The third-order valence-electron chi connectivity index (χ3n) is 4.62. The van der Waals surface area contributed by atoms with Gasteiger partial charge in [-0.25, -0.2) is 4.98 Å². The van der Waals surface area contributed by atoms with Crippen LogP contribution in [-0.2, 0) is 4.79 Å². The number of anilines is 1. The van der Waals surface area contributed by atoms with Crippen molar-refractivity contribution < 1.29 is 4.79 Å². The molecule has 1 amide bonds. The van der Waals surface area contributed by atoms with Gasteiger partial charge in [0.2, 0.25) is 5.91 Å². The number of piperidine rings is 1. The highest BCUT2D eigenvalue weighted by atomic mass is 16.2. The molecule has 1 aliphatic carbocycles. The van der Waals surface area contributed by atoms with Gasteiger partial charge in [-0.05, 0) is 25.7 Å². The Morgan fingerprint density at radius 3 is 2.76 bits per heavy atom. The van der Waals surface area contributed by atoms with Crippen molar-refractivity contribution >= 4 is 11.7 Å². The predicted molar refractivity (Wildman–Crippen MR) is 82.0 cm³/mol. The van der Waals surface area contributed by atoms with E-state index in [0.29, 0.717) is 6.04 Å². The molecule has 5 heteroatoms. The smallest absolute Gasteiger partial charge is 0.225 e. The lowest BCUT2D eigenvalue weighted by molar-refractivity contribution is -0.126. The van der Waals surface area contributed by atoms with Gasteiger partial charge in [0.25, 0.3) is 0 Å². The Hall–Kier alpha value is -1.65. The molecule has 2 heterocycles. The zero-order valence-electron chi connectivity index (χ0n) is 12.5. The minimum atomic E-state index is 0.0858. The Kier molecular flexibility index (Phi) is 4.68. The van der Waals surface area contributed by atoms with E-state index in [1.807, 2.05) is 0 Å². The maximum absolute atomic E-state index is 12.5. The topological polar surface area (TPSA) is 58.1 Å². The highest BCUT2D eigenvalue weighted by Gasteiger charge is 2.28. The van der Waals surface area contributed by atoms with Gasteiger partial charge in [-0.1, -0.05) is 19.3 Å². The molecule has 0 unspecified atom stereocenters. The average molecular weight is 288 g/mol. The van der Waals surface area contributed by atoms with Crippen molar-refractivity contribution in [1.82, 2.24) is 15.3 Å². The van der Waals surface area contributed by atoms with Gasteiger partial charge >= 0.3 is 0 Å². The Bertz CT molecular complexity index is 459. The molecule has 1 N–H and O–H groups in total. The molecule has 21 heavy (non-hydrogen) atoms. The maximum Gasteiger partial charge on any atom is 0.225 e. The van der Waals surface area contributed by atoms with E-state index in [1.54, 1.807) is 18.6 Å². The zero-order chi connectivity index (χ0) is 14.5. The van der Waals surface area contributed by atoms with Crippen LogP contribution >= 0.6 is 0 Å². The summed E-state index contributed by atoms with van der Waals surface area (Å²) in [6, 6.07) is 0.401. The summed E-state index contributed by atoms with van der Waals surface area (Å²) >= 11 is 0. The van der Waals surface area contributed by atoms with Crippen LogP contribution in [0.25, 0.3) is 0 Å². The normalized spacial score (nSPS) is 23.8. The van der Waals surface area contributed by atoms with Crippen molar-refractivity contribution in [3.05, 3.63) is 18.6 Å². The summed E-state index contributed by atoms with van der Waals surface area (Å²) in [4.78, 5) is 23.1. The number of carbonyl (C=O) groups excluding carboxylic acids is 1. The van der Waals surface area contributed by atoms with Gasteiger partial charge in [0, 0.05) is 31.5 Å². The van der Waals surface area contributed by atoms with Crippen molar-refractivity contribution in [1.29, 1.82) is 0 Å². The van der Waals surface area contributed by atoms with E-state index in [1.165, 1.54) is 19.3 Å². The molecule has 1 atom stereocenters. The van der Waals surface area contributed by atoms with Gasteiger partial charge in [0.05, 0.1) is 12.1 Å². The van der Waals surface area contributed by atoms with E-state index in [2.05, 4.69) is 20.2 Å². The lowest BCUT2D eigenvalue weighted by Crippen LogP contribution is -2.46. The molecule has 1 aromatic rings. The van der Waals surface area contributed by atoms with Crippen molar-refractivity contribution in [2.75, 3.05) is 18.0 Å². The van der Waals surface area contributed by atoms with Crippen molar-refractivity contribution in [2.45, 2.75) is 51.0 Å². The van der Waals surface area contributed by atoms with Crippen LogP contribution in [0.1, 0.15) is 44.9 Å². The fourth-order valence-electron chi connectivity index (χ4n) is 3.42. The van der Waals surface area contributed by atoms with E-state index in [4.69, 9.17) is 0 Å². The molecular formula is C16H24N4O. The van der Waals surface area contributed by atoms with Gasteiger partial charge in [0.15, 0.2) is 0 Å². The third-order valence-corrected chi connectivity index (χ3v) is 4.62. The fraction of sp³-hybridized carbons (Fsp3) is 0.688. The minimum Gasteiger partial charge on any atom is -0.355 e. The first-order chi connectivity index (χ1) is 10.3. The van der Waals surface area contributed by atoms with E-state index in [9.17, 15) is 4.79 Å². The van der Waals surface area contributed by atoms with E-state index in [-0.39, 0.29) is 11.8 Å². The van der Waals surface area contributed by atoms with Crippen molar-refractivity contribution in [3.8, 4) is 0 Å². The monoisotopic (exact) mass is 288 g/mol. The number of carbonyl (C=O) groups is 1. The Morgan fingerprint density at radius 2 is 2.00 bits per heavy atom. The summed E-state index contributed by atoms with van der Waals surface area (Å²) in [5.41, 5.74) is 0. The first-order valence-electron chi connectivity index (χ1n) is 8.14. The quantitative estimate of drug-likeness (QED) is 0.926. The van der Waals surface area contributed by atoms with Crippen LogP contribution in [0, 0.1) is 5.92 Å². The van der Waals surface area contributed by atoms with Crippen LogP contribution in [0.2, 0.25) is 0 Å². The number of hydrogen-bond donors (Lipinski definition) is 1. The number of aromatic nitrogens is 2. The second-order valence-corrected chi connectivity index (χ2v) is 6.19. The summed E-state index contributed by atoms with van der Waals surface area (Å²) in [5.74, 6) is 1.20. The van der Waals surface area contributed by atoms with Gasteiger partial charge in [0.1, 0.15) is 5.82 Å². The molecule has 0 aromatic carbocycles. The SMILES string of the molecule is O=C(NC1CCCCC1)[C@@H]1CCCN(c2cnccn2)C1. The maximum atomic E-state index is 12.5. The number of hydrogen-bond acceptors (Lipinski definition) is 4. The van der Waals surface area contributed by atoms with E-state index < -0.39 is 0 Å². The summed E-state index contributed by atoms with van der Waals surface area (Å²) < 4.78 is 0. The molecule has 0 radical (unpaired) electrons. The molecule has 5 nitrogen and oxygen atoms in total. The summed E-state index contributed by atoms with van der Waals surface area (Å²) in [6.07, 6.45) is 13.3. The Morgan fingerprint density at radius 1 is 1.14 bits per heavy atom. The fourth-order valence-corrected chi connectivity index (χ4v) is 3.42. The molecule has 1 aromatic heterocycles. The lowest BCUT2D eigenvalue weighted by atomic mass is 9.93. The molecule has 0 bridgehead atoms. The largest absolute Gasteiger partial charge is 0.355 e. The van der Waals surface area contributed by atoms with Crippen molar-refractivity contribution in [2.24, 2.45) is 5.92 Å². The molecule has 1 saturated carbocycles. The number of nitrogens with one attached hydrogen (secondary N) is 1. The second kappa shape index (κ2) is 6.87. The average Bonchev–Trinajstić information content (AvgIpc) is 2.57. The van der Waals surface area contributed by atoms with Gasteiger partial charge in [-0.3, -0.25) is 9.78 Å². The lowest BCUT2D eigenvalue weighted by Gasteiger charge is -2.34. The van der Waals surface area contributed by atoms with Crippen LogP contribution in [0.15, 0.2) is 18.6 Å². The zero-order valence-corrected chi connectivity index (χ0v) is 12.5. The van der Waals surface area contributed by atoms with Crippen LogP contribution < -0.4 is 10.2 Å². The molecular weight excluding hydrogens is 264 g/mol. The summed E-state index contributed by atoms with van der Waals surface area (Å²) in [6.45, 7) is 1.73. The Labute approximate surface area is 126 Å². The van der Waals surface area contributed by atoms with Crippen LogP contribution in [-0.4, -0.2) is 35.0 Å². The Balaban J connectivity index is 1.56. The first-order valence-corrected chi connectivity index (χ1v) is 8.14. The standard InChI is InChI=1S/C16H24N4O/c21-16(19-14-6-2-1-3-7-14)13-5-4-10-20(12-13)15-11-17-8-9-18-15/h8-9,11,13-14H,1-7,10,12H2,(H,19,21)/t13-/m1/s1. The van der Waals surface area contributed by atoms with Gasteiger partial charge < -0.3 is 10.2 Å². The van der Waals surface area contributed by atoms with Crippen LogP contribution in [0.5, 0.6) is 0 Å². The first kappa shape index (κ1) is 14.3. The highest BCUT2D eigenvalue weighted by Crippen LogP contribution is 2.22. The summed E-state index contributed by atoms with van der Waals surface area (Å²) in [7, 11) is 0. The number of amides is 1. The van der Waals surface area contributed by atoms with Crippen molar-refractivity contribution in [3.63, 3.8) is 0 Å². The third kappa shape index (κ3) is 3.71. The van der Waals surface area contributed by atoms with Gasteiger partial charge in [-0.2, -0.15) is 0 Å². The number of rotatable bonds is 3. The highest BCUT2D eigenvalue weighted by molar-refractivity contribution is 5.79. The molecule has 3 rings (SSSR count). The predicted octanol–water partition coefficient (Wildman–Crippen LogP) is 2.14. The van der Waals surface area contributed by atoms with E-state index >= 15 is 0 Å². The molecule has 114 valence electrons. The second-order valence-electron chi connectivity index (χ2n) is 6.19. The molecule has 0 spiro atoms. The molecule has 1 aliphatic heterocycles.